The van der Waals surface area contributed by atoms with Crippen LogP contribution in [0.1, 0.15) is 33.5 Å². The van der Waals surface area contributed by atoms with Gasteiger partial charge < -0.3 is 9.47 Å². The summed E-state index contributed by atoms with van der Waals surface area (Å²) in [4.78, 5) is 32.0. The second-order valence-electron chi connectivity index (χ2n) is 6.75. The third kappa shape index (κ3) is 2.95. The standard InChI is InChI=1S/C21H23N3O2/c1-14-15(10-11-22-2)18-19(16-8-5-6-9-17(16)20(18)25)24(21(14)26)13-7-12-23(3)4/h5-6,8-11H,2,7,12-13H2,1,3-4H3/b11-10-. The number of hydrogen-bond donors (Lipinski definition) is 0. The normalized spacial score (nSPS) is 12.7. The molecule has 1 heterocycles. The summed E-state index contributed by atoms with van der Waals surface area (Å²) in [6.45, 7) is 6.66. The summed E-state index contributed by atoms with van der Waals surface area (Å²) in [6.07, 6.45) is 4.06. The predicted molar refractivity (Wildman–Crippen MR) is 106 cm³/mol. The van der Waals surface area contributed by atoms with E-state index in [1.54, 1.807) is 17.6 Å². The first-order valence-electron chi connectivity index (χ1n) is 8.66. The Bertz CT molecular complexity index is 968. The van der Waals surface area contributed by atoms with Crippen molar-refractivity contribution < 1.29 is 4.79 Å². The van der Waals surface area contributed by atoms with E-state index in [0.717, 1.165) is 24.2 Å². The molecule has 26 heavy (non-hydrogen) atoms. The fourth-order valence-electron chi connectivity index (χ4n) is 3.50. The van der Waals surface area contributed by atoms with Crippen LogP contribution in [0.25, 0.3) is 17.3 Å². The highest BCUT2D eigenvalue weighted by atomic mass is 16.1. The van der Waals surface area contributed by atoms with E-state index in [0.29, 0.717) is 28.8 Å². The van der Waals surface area contributed by atoms with Crippen LogP contribution < -0.4 is 5.56 Å². The Labute approximate surface area is 153 Å². The lowest BCUT2D eigenvalue weighted by Crippen LogP contribution is -2.28. The number of aliphatic imine (C=N–C) groups is 1. The Morgan fingerprint density at radius 3 is 2.54 bits per heavy atom. The van der Waals surface area contributed by atoms with Gasteiger partial charge in [-0.05, 0) is 52.3 Å². The molecule has 0 bridgehead atoms. The summed E-state index contributed by atoms with van der Waals surface area (Å²) in [7, 11) is 4.01. The first-order valence-corrected chi connectivity index (χ1v) is 8.66. The molecular formula is C21H23N3O2. The summed E-state index contributed by atoms with van der Waals surface area (Å²) in [6, 6.07) is 7.48. The number of benzene rings is 1. The summed E-state index contributed by atoms with van der Waals surface area (Å²) in [5, 5.41) is 0. The maximum atomic E-state index is 13.1. The Morgan fingerprint density at radius 2 is 1.88 bits per heavy atom. The molecule has 0 N–H and O–H groups in total. The van der Waals surface area contributed by atoms with Gasteiger partial charge in [-0.25, -0.2) is 0 Å². The second kappa shape index (κ2) is 7.22. The van der Waals surface area contributed by atoms with Crippen LogP contribution in [0.3, 0.4) is 0 Å². The number of ketones is 1. The summed E-state index contributed by atoms with van der Waals surface area (Å²) < 4.78 is 1.76. The van der Waals surface area contributed by atoms with E-state index in [1.807, 2.05) is 38.4 Å². The van der Waals surface area contributed by atoms with Gasteiger partial charge in [-0.1, -0.05) is 24.3 Å². The molecule has 0 unspecified atom stereocenters. The minimum Gasteiger partial charge on any atom is -0.309 e. The van der Waals surface area contributed by atoms with Gasteiger partial charge in [0.15, 0.2) is 5.78 Å². The average molecular weight is 349 g/mol. The van der Waals surface area contributed by atoms with E-state index in [1.165, 1.54) is 6.20 Å². The molecule has 5 heteroatoms. The number of fused-ring (bicyclic) bond motifs is 3. The molecule has 134 valence electrons. The quantitative estimate of drug-likeness (QED) is 0.643. The van der Waals surface area contributed by atoms with Crippen LogP contribution >= 0.6 is 0 Å². The Morgan fingerprint density at radius 1 is 1.19 bits per heavy atom. The number of hydrogen-bond acceptors (Lipinski definition) is 4. The molecule has 3 rings (SSSR count). The minimum absolute atomic E-state index is 0.0382. The fraction of sp³-hybridized carbons (Fsp3) is 0.286. The topological polar surface area (TPSA) is 54.7 Å². The van der Waals surface area contributed by atoms with Crippen molar-refractivity contribution in [3.8, 4) is 11.3 Å². The third-order valence-electron chi connectivity index (χ3n) is 4.73. The van der Waals surface area contributed by atoms with Crippen LogP contribution in [0.2, 0.25) is 0 Å². The first-order chi connectivity index (χ1) is 12.5. The number of carbonyl (C=O) groups excluding carboxylic acids is 1. The van der Waals surface area contributed by atoms with Crippen LogP contribution in [0, 0.1) is 6.92 Å². The lowest BCUT2D eigenvalue weighted by molar-refractivity contribution is 0.104. The van der Waals surface area contributed by atoms with Crippen LogP contribution in [-0.2, 0) is 6.54 Å². The second-order valence-corrected chi connectivity index (χ2v) is 6.75. The van der Waals surface area contributed by atoms with E-state index < -0.39 is 0 Å². The number of carbonyl (C=O) groups is 1. The SMILES string of the molecule is C=N/C=C\c1c2c(n(CCCN(C)C)c(=O)c1C)-c1ccccc1C2=O. The molecule has 1 aromatic carbocycles. The molecule has 1 aromatic heterocycles. The Kier molecular flexibility index (Phi) is 5.00. The van der Waals surface area contributed by atoms with Gasteiger partial charge in [-0.3, -0.25) is 14.6 Å². The minimum atomic E-state index is -0.0595. The van der Waals surface area contributed by atoms with Gasteiger partial charge in [0, 0.05) is 29.4 Å². The van der Waals surface area contributed by atoms with Crippen molar-refractivity contribution in [1.29, 1.82) is 0 Å². The zero-order chi connectivity index (χ0) is 18.8. The van der Waals surface area contributed by atoms with E-state index in [4.69, 9.17) is 0 Å². The molecule has 0 saturated carbocycles. The smallest absolute Gasteiger partial charge is 0.254 e. The van der Waals surface area contributed by atoms with E-state index in [2.05, 4.69) is 16.6 Å². The van der Waals surface area contributed by atoms with Gasteiger partial charge in [-0.15, -0.1) is 0 Å². The number of rotatable bonds is 6. The molecule has 0 spiro atoms. The van der Waals surface area contributed by atoms with Gasteiger partial charge in [-0.2, -0.15) is 0 Å². The van der Waals surface area contributed by atoms with Crippen molar-refractivity contribution in [2.24, 2.45) is 4.99 Å². The Hall–Kier alpha value is -2.79. The molecule has 1 aliphatic rings. The molecule has 1 aliphatic carbocycles. The van der Waals surface area contributed by atoms with Gasteiger partial charge in [0.25, 0.3) is 5.56 Å². The van der Waals surface area contributed by atoms with Gasteiger partial charge in [0.2, 0.25) is 0 Å². The largest absolute Gasteiger partial charge is 0.309 e. The van der Waals surface area contributed by atoms with Gasteiger partial charge in [0.1, 0.15) is 0 Å². The molecule has 0 saturated heterocycles. The summed E-state index contributed by atoms with van der Waals surface area (Å²) >= 11 is 0. The van der Waals surface area contributed by atoms with Gasteiger partial charge >= 0.3 is 0 Å². The van der Waals surface area contributed by atoms with Crippen molar-refractivity contribution in [3.63, 3.8) is 0 Å². The molecule has 0 atom stereocenters. The van der Waals surface area contributed by atoms with Gasteiger partial charge in [0.05, 0.1) is 11.3 Å². The maximum Gasteiger partial charge on any atom is 0.254 e. The molecule has 0 aliphatic heterocycles. The molecule has 0 fully saturated rings. The molecule has 2 aromatic rings. The van der Waals surface area contributed by atoms with Crippen molar-refractivity contribution >= 4 is 18.6 Å². The lowest BCUT2D eigenvalue weighted by Gasteiger charge is -2.17. The first kappa shape index (κ1) is 18.0. The highest BCUT2D eigenvalue weighted by Crippen LogP contribution is 2.38. The van der Waals surface area contributed by atoms with Crippen LogP contribution in [-0.4, -0.2) is 42.6 Å². The molecular weight excluding hydrogens is 326 g/mol. The van der Waals surface area contributed by atoms with Crippen molar-refractivity contribution in [3.05, 3.63) is 63.1 Å². The molecule has 0 radical (unpaired) electrons. The third-order valence-corrected chi connectivity index (χ3v) is 4.73. The average Bonchev–Trinajstić information content (AvgIpc) is 2.91. The van der Waals surface area contributed by atoms with E-state index in [9.17, 15) is 9.59 Å². The van der Waals surface area contributed by atoms with Crippen LogP contribution in [0.4, 0.5) is 0 Å². The van der Waals surface area contributed by atoms with Crippen molar-refractivity contribution in [2.75, 3.05) is 20.6 Å². The summed E-state index contributed by atoms with van der Waals surface area (Å²) in [5.41, 5.74) is 3.94. The monoisotopic (exact) mass is 349 g/mol. The number of pyridine rings is 1. The number of aromatic nitrogens is 1. The van der Waals surface area contributed by atoms with Crippen molar-refractivity contribution in [2.45, 2.75) is 19.9 Å². The van der Waals surface area contributed by atoms with Crippen LogP contribution in [0.5, 0.6) is 0 Å². The highest BCUT2D eigenvalue weighted by molar-refractivity contribution is 6.22. The molecule has 5 nitrogen and oxygen atoms in total. The van der Waals surface area contributed by atoms with E-state index >= 15 is 0 Å². The zero-order valence-corrected chi connectivity index (χ0v) is 15.5. The fourth-order valence-corrected chi connectivity index (χ4v) is 3.50. The van der Waals surface area contributed by atoms with Crippen molar-refractivity contribution in [1.82, 2.24) is 9.47 Å². The van der Waals surface area contributed by atoms with Crippen LogP contribution in [0.15, 0.2) is 40.3 Å². The maximum absolute atomic E-state index is 13.1. The lowest BCUT2D eigenvalue weighted by atomic mass is 10.00. The molecule has 0 amide bonds. The number of nitrogens with zero attached hydrogens (tertiary/aromatic N) is 3. The summed E-state index contributed by atoms with van der Waals surface area (Å²) in [5.74, 6) is -0.0382. The zero-order valence-electron chi connectivity index (χ0n) is 15.5. The highest BCUT2D eigenvalue weighted by Gasteiger charge is 2.33. The van der Waals surface area contributed by atoms with E-state index in [-0.39, 0.29) is 11.3 Å². The predicted octanol–water partition coefficient (Wildman–Crippen LogP) is 2.99. The Balaban J connectivity index is 2.27.